The van der Waals surface area contributed by atoms with E-state index in [-0.39, 0.29) is 56.9 Å². The van der Waals surface area contributed by atoms with Crippen LogP contribution in [0.25, 0.3) is 0 Å². The van der Waals surface area contributed by atoms with Crippen LogP contribution in [0.15, 0.2) is 18.2 Å². The Morgan fingerprint density at radius 2 is 1.79 bits per heavy atom. The Hall–Kier alpha value is 0.641. The van der Waals surface area contributed by atoms with E-state index in [2.05, 4.69) is 0 Å². The molecular formula is C8H8BF4K. The van der Waals surface area contributed by atoms with Crippen molar-refractivity contribution < 1.29 is 68.7 Å². The zero-order chi connectivity index (χ0) is 10.1. The van der Waals surface area contributed by atoms with Gasteiger partial charge >= 0.3 is 58.4 Å². The molecule has 72 valence electrons. The quantitative estimate of drug-likeness (QED) is 0.498. The van der Waals surface area contributed by atoms with Crippen molar-refractivity contribution in [1.82, 2.24) is 0 Å². The molecule has 1 aromatic rings. The molecule has 0 nitrogen and oxygen atoms in total. The number of halogens is 4. The van der Waals surface area contributed by atoms with E-state index in [1.807, 2.05) is 0 Å². The molecule has 0 N–H and O–H groups in total. The summed E-state index contributed by atoms with van der Waals surface area (Å²) in [6.07, 6.45) is -1.14. The van der Waals surface area contributed by atoms with Crippen molar-refractivity contribution in [1.29, 1.82) is 0 Å². The Bertz CT molecular complexity index is 290. The van der Waals surface area contributed by atoms with Crippen molar-refractivity contribution >= 4 is 6.98 Å². The predicted octanol–water partition coefficient (Wildman–Crippen LogP) is 0.0672. The molecule has 0 amide bonds. The third-order valence-corrected chi connectivity index (χ3v) is 1.79. The normalized spacial score (nSPS) is 10.9. The molecule has 0 fully saturated rings. The molecule has 0 bridgehead atoms. The second kappa shape index (κ2) is 5.65. The summed E-state index contributed by atoms with van der Waals surface area (Å²) in [6, 6.07) is 3.92. The summed E-state index contributed by atoms with van der Waals surface area (Å²) in [5, 5.41) is 0. The first kappa shape index (κ1) is 14.6. The molecule has 0 radical (unpaired) electrons. The van der Waals surface area contributed by atoms with Gasteiger partial charge in [0.05, 0.1) is 0 Å². The van der Waals surface area contributed by atoms with Crippen LogP contribution in [0.2, 0.25) is 0 Å². The van der Waals surface area contributed by atoms with E-state index >= 15 is 0 Å². The fourth-order valence-electron chi connectivity index (χ4n) is 1.16. The van der Waals surface area contributed by atoms with Crippen LogP contribution >= 0.6 is 0 Å². The van der Waals surface area contributed by atoms with Crippen molar-refractivity contribution in [3.8, 4) is 0 Å². The van der Waals surface area contributed by atoms with Gasteiger partial charge < -0.3 is 12.9 Å². The molecule has 0 unspecified atom stereocenters. The monoisotopic (exact) mass is 230 g/mol. The van der Waals surface area contributed by atoms with Crippen LogP contribution in [-0.2, 0) is 6.32 Å². The van der Waals surface area contributed by atoms with Crippen molar-refractivity contribution in [2.45, 2.75) is 13.2 Å². The van der Waals surface area contributed by atoms with E-state index in [0.717, 1.165) is 6.07 Å². The maximum Gasteiger partial charge on any atom is 1.00 e. The largest absolute Gasteiger partial charge is 1.00 e. The van der Waals surface area contributed by atoms with Crippen LogP contribution in [-0.4, -0.2) is 6.98 Å². The minimum absolute atomic E-state index is 0. The molecule has 6 heteroatoms. The number of benzene rings is 1. The number of hydrogen-bond donors (Lipinski definition) is 0. The summed E-state index contributed by atoms with van der Waals surface area (Å²) in [4.78, 5) is 0. The van der Waals surface area contributed by atoms with Gasteiger partial charge in [0.2, 0.25) is 0 Å². The molecule has 1 rings (SSSR count). The van der Waals surface area contributed by atoms with E-state index in [0.29, 0.717) is 5.56 Å². The van der Waals surface area contributed by atoms with Crippen molar-refractivity contribution in [2.75, 3.05) is 0 Å². The Kier molecular flexibility index (Phi) is 5.91. The zero-order valence-corrected chi connectivity index (χ0v) is 11.2. The van der Waals surface area contributed by atoms with Gasteiger partial charge in [0.1, 0.15) is 5.82 Å². The third-order valence-electron chi connectivity index (χ3n) is 1.79. The summed E-state index contributed by atoms with van der Waals surface area (Å²) in [5.74, 6) is -0.779. The Labute approximate surface area is 123 Å². The zero-order valence-electron chi connectivity index (χ0n) is 8.03. The average Bonchev–Trinajstić information content (AvgIpc) is 1.95. The fourth-order valence-corrected chi connectivity index (χ4v) is 1.16. The molecule has 14 heavy (non-hydrogen) atoms. The van der Waals surface area contributed by atoms with Crippen LogP contribution in [0, 0.1) is 12.7 Å². The smallest absolute Gasteiger partial charge is 0.449 e. The van der Waals surface area contributed by atoms with Gasteiger partial charge in [0.25, 0.3) is 0 Å². The molecule has 0 saturated heterocycles. The molecule has 1 aromatic carbocycles. The van der Waals surface area contributed by atoms with Gasteiger partial charge in [-0.25, -0.2) is 4.39 Å². The maximum atomic E-state index is 12.9. The van der Waals surface area contributed by atoms with Gasteiger partial charge in [0, 0.05) is 0 Å². The molecule has 0 saturated carbocycles. The second-order valence-electron chi connectivity index (χ2n) is 2.95. The molecule has 0 aliphatic rings. The van der Waals surface area contributed by atoms with Gasteiger partial charge in [-0.05, 0) is 24.1 Å². The first-order valence-electron chi connectivity index (χ1n) is 3.85. The molecule has 0 heterocycles. The SMILES string of the molecule is Cc1cccc(F)c1C[B-](F)(F)F.[K+]. The van der Waals surface area contributed by atoms with Crippen LogP contribution in [0.3, 0.4) is 0 Å². The number of aryl methyl sites for hydroxylation is 1. The average molecular weight is 230 g/mol. The summed E-state index contributed by atoms with van der Waals surface area (Å²) in [6.45, 7) is -3.49. The molecule has 0 aromatic heterocycles. The predicted molar refractivity (Wildman–Crippen MR) is 43.9 cm³/mol. The minimum atomic E-state index is -4.96. The Balaban J connectivity index is 0.00000169. The van der Waals surface area contributed by atoms with Crippen LogP contribution in [0.1, 0.15) is 11.1 Å². The molecular weight excluding hydrogens is 222 g/mol. The standard InChI is InChI=1S/C8H8BF4.K/c1-6-3-2-4-8(10)7(6)5-9(11,12)13;/h2-4H,5H2,1H3;/q-1;+1. The third kappa shape index (κ3) is 4.44. The van der Waals surface area contributed by atoms with Crippen LogP contribution in [0.4, 0.5) is 17.3 Å². The molecule has 0 atom stereocenters. The molecule has 0 aliphatic carbocycles. The number of hydrogen-bond acceptors (Lipinski definition) is 0. The van der Waals surface area contributed by atoms with E-state index in [9.17, 15) is 17.3 Å². The van der Waals surface area contributed by atoms with E-state index < -0.39 is 19.1 Å². The minimum Gasteiger partial charge on any atom is -0.449 e. The van der Waals surface area contributed by atoms with Gasteiger partial charge in [-0.2, -0.15) is 0 Å². The van der Waals surface area contributed by atoms with Crippen LogP contribution in [0.5, 0.6) is 0 Å². The maximum absolute atomic E-state index is 12.9. The van der Waals surface area contributed by atoms with Gasteiger partial charge in [0.15, 0.2) is 0 Å². The second-order valence-corrected chi connectivity index (χ2v) is 2.95. The summed E-state index contributed by atoms with van der Waals surface area (Å²) in [7, 11) is 0. The van der Waals surface area contributed by atoms with E-state index in [1.54, 1.807) is 0 Å². The van der Waals surface area contributed by atoms with Crippen molar-refractivity contribution in [3.05, 3.63) is 35.1 Å². The van der Waals surface area contributed by atoms with E-state index in [4.69, 9.17) is 0 Å². The summed E-state index contributed by atoms with van der Waals surface area (Å²) >= 11 is 0. The molecule has 0 aliphatic heterocycles. The van der Waals surface area contributed by atoms with Crippen LogP contribution < -0.4 is 51.4 Å². The first-order valence-corrected chi connectivity index (χ1v) is 3.85. The van der Waals surface area contributed by atoms with Gasteiger partial charge in [-0.15, -0.1) is 0 Å². The summed E-state index contributed by atoms with van der Waals surface area (Å²) < 4.78 is 48.9. The van der Waals surface area contributed by atoms with Crippen molar-refractivity contribution in [2.24, 2.45) is 0 Å². The van der Waals surface area contributed by atoms with Crippen molar-refractivity contribution in [3.63, 3.8) is 0 Å². The number of rotatable bonds is 2. The fraction of sp³-hybridized carbons (Fsp3) is 0.250. The van der Waals surface area contributed by atoms with Gasteiger partial charge in [-0.1, -0.05) is 18.5 Å². The van der Waals surface area contributed by atoms with Gasteiger partial charge in [-0.3, -0.25) is 0 Å². The topological polar surface area (TPSA) is 0 Å². The summed E-state index contributed by atoms with van der Waals surface area (Å²) in [5.41, 5.74) is 0.106. The Morgan fingerprint density at radius 1 is 1.21 bits per heavy atom. The molecule has 0 spiro atoms. The Morgan fingerprint density at radius 3 is 2.21 bits per heavy atom. The first-order chi connectivity index (χ1) is 5.90. The van der Waals surface area contributed by atoms with E-state index in [1.165, 1.54) is 19.1 Å².